The van der Waals surface area contributed by atoms with Gasteiger partial charge in [-0.05, 0) is 48.1 Å². The number of carbonyl (C=O) groups is 1. The molecule has 1 aliphatic heterocycles. The van der Waals surface area contributed by atoms with Gasteiger partial charge in [0, 0.05) is 18.5 Å². The maximum Gasteiger partial charge on any atom is 0.410 e. The van der Waals surface area contributed by atoms with Crippen LogP contribution in [0.15, 0.2) is 53.4 Å². The number of hydrogen-bond acceptors (Lipinski definition) is 5. The molecule has 0 spiro atoms. The molecule has 0 atom stereocenters. The van der Waals surface area contributed by atoms with Crippen molar-refractivity contribution in [2.45, 2.75) is 25.9 Å². The van der Waals surface area contributed by atoms with E-state index in [2.05, 4.69) is 29.2 Å². The molecule has 0 bridgehead atoms. The normalized spacial score (nSPS) is 14.9. The van der Waals surface area contributed by atoms with Crippen molar-refractivity contribution in [3.63, 3.8) is 0 Å². The summed E-state index contributed by atoms with van der Waals surface area (Å²) in [6, 6.07) is 14.5. The number of carbonyl (C=O) groups excluding carboxylic acids is 1. The van der Waals surface area contributed by atoms with Crippen LogP contribution in [0.4, 0.5) is 4.79 Å². The summed E-state index contributed by atoms with van der Waals surface area (Å²) in [5.74, 6) is 1.50. The van der Waals surface area contributed by atoms with Gasteiger partial charge in [0.15, 0.2) is 0 Å². The van der Waals surface area contributed by atoms with Crippen molar-refractivity contribution in [3.8, 4) is 5.75 Å². The molecule has 6 heteroatoms. The van der Waals surface area contributed by atoms with Gasteiger partial charge in [0.05, 0.1) is 17.8 Å². The molecule has 1 saturated heterocycles. The lowest BCUT2D eigenvalue weighted by atomic mass is 9.94. The van der Waals surface area contributed by atoms with Crippen LogP contribution in [0, 0.1) is 5.92 Å². The number of likely N-dealkylation sites (tertiary alicyclic amines) is 1. The van der Waals surface area contributed by atoms with Gasteiger partial charge in [0.25, 0.3) is 0 Å². The molecule has 146 valence electrons. The second kappa shape index (κ2) is 9.06. The van der Waals surface area contributed by atoms with Crippen LogP contribution in [-0.4, -0.2) is 35.7 Å². The van der Waals surface area contributed by atoms with Crippen LogP contribution in [0.25, 0.3) is 10.8 Å². The van der Waals surface area contributed by atoms with Crippen molar-refractivity contribution in [1.29, 1.82) is 0 Å². The van der Waals surface area contributed by atoms with E-state index in [9.17, 15) is 4.79 Å². The highest BCUT2D eigenvalue weighted by Gasteiger charge is 2.23. The molecule has 28 heavy (non-hydrogen) atoms. The maximum atomic E-state index is 12.2. The van der Waals surface area contributed by atoms with E-state index < -0.39 is 0 Å². The second-order valence-corrected chi connectivity index (χ2v) is 7.83. The highest BCUT2D eigenvalue weighted by atomic mass is 32.1. The van der Waals surface area contributed by atoms with Gasteiger partial charge in [-0.25, -0.2) is 9.78 Å². The minimum atomic E-state index is -0.237. The van der Waals surface area contributed by atoms with Gasteiger partial charge in [-0.15, -0.1) is 11.3 Å². The fourth-order valence-electron chi connectivity index (χ4n) is 3.54. The van der Waals surface area contributed by atoms with Gasteiger partial charge in [-0.3, -0.25) is 0 Å². The van der Waals surface area contributed by atoms with E-state index in [1.807, 2.05) is 23.6 Å². The Morgan fingerprint density at radius 3 is 2.75 bits per heavy atom. The summed E-state index contributed by atoms with van der Waals surface area (Å²) in [4.78, 5) is 18.1. The Morgan fingerprint density at radius 1 is 1.14 bits per heavy atom. The summed E-state index contributed by atoms with van der Waals surface area (Å²) >= 11 is 1.51. The highest BCUT2D eigenvalue weighted by Crippen LogP contribution is 2.24. The molecule has 0 radical (unpaired) electrons. The smallest absolute Gasteiger partial charge is 0.410 e. The van der Waals surface area contributed by atoms with Gasteiger partial charge >= 0.3 is 6.09 Å². The van der Waals surface area contributed by atoms with Crippen LogP contribution in [0.1, 0.15) is 25.0 Å². The fraction of sp³-hybridized carbons (Fsp3) is 0.364. The molecule has 5 nitrogen and oxygen atoms in total. The summed E-state index contributed by atoms with van der Waals surface area (Å²) < 4.78 is 11.3. The maximum absolute atomic E-state index is 12.2. The van der Waals surface area contributed by atoms with E-state index in [1.165, 1.54) is 22.1 Å². The molecule has 0 N–H and O–H groups in total. The van der Waals surface area contributed by atoms with Crippen molar-refractivity contribution >= 4 is 28.2 Å². The van der Waals surface area contributed by atoms with Crippen molar-refractivity contribution in [3.05, 3.63) is 59.0 Å². The molecule has 2 aromatic carbocycles. The number of hydrogen-bond donors (Lipinski definition) is 0. The van der Waals surface area contributed by atoms with Crippen LogP contribution >= 0.6 is 11.3 Å². The van der Waals surface area contributed by atoms with Crippen molar-refractivity contribution in [2.24, 2.45) is 5.92 Å². The Hall–Kier alpha value is -2.60. The summed E-state index contributed by atoms with van der Waals surface area (Å²) in [7, 11) is 0. The molecule has 1 aliphatic rings. The predicted octanol–water partition coefficient (Wildman–Crippen LogP) is 5.11. The first-order valence-electron chi connectivity index (χ1n) is 9.68. The fourth-order valence-corrected chi connectivity index (χ4v) is 4.08. The van der Waals surface area contributed by atoms with Gasteiger partial charge in [-0.1, -0.05) is 30.3 Å². The summed E-state index contributed by atoms with van der Waals surface area (Å²) in [6.45, 7) is 2.45. The number of rotatable bonds is 6. The standard InChI is InChI=1S/C22H24N2O3S/c25-22(27-14-20-15-28-16-23-20)24-10-7-17(8-11-24)9-12-26-21-6-5-18-3-1-2-4-19(18)13-21/h1-6,13,15-17H,7-12,14H2. The minimum Gasteiger partial charge on any atom is -0.494 e. The third-order valence-electron chi connectivity index (χ3n) is 5.22. The Balaban J connectivity index is 1.17. The lowest BCUT2D eigenvalue weighted by molar-refractivity contribution is 0.0792. The zero-order valence-electron chi connectivity index (χ0n) is 15.8. The first-order chi connectivity index (χ1) is 13.8. The van der Waals surface area contributed by atoms with E-state index in [1.54, 1.807) is 10.4 Å². The number of aromatic nitrogens is 1. The average Bonchev–Trinajstić information content (AvgIpc) is 3.26. The van der Waals surface area contributed by atoms with Crippen molar-refractivity contribution < 1.29 is 14.3 Å². The third kappa shape index (κ3) is 4.81. The molecule has 0 unspecified atom stereocenters. The number of benzene rings is 2. The number of nitrogens with zero attached hydrogens (tertiary/aromatic N) is 2. The van der Waals surface area contributed by atoms with Gasteiger partial charge in [0.1, 0.15) is 12.4 Å². The Morgan fingerprint density at radius 2 is 1.96 bits per heavy atom. The molecule has 4 rings (SSSR count). The molecule has 1 aromatic heterocycles. The van der Waals surface area contributed by atoms with Gasteiger partial charge in [-0.2, -0.15) is 0 Å². The largest absolute Gasteiger partial charge is 0.494 e. The molecule has 2 heterocycles. The monoisotopic (exact) mass is 396 g/mol. The number of fused-ring (bicyclic) bond motifs is 1. The summed E-state index contributed by atoms with van der Waals surface area (Å²) in [5, 5.41) is 4.32. The number of ether oxygens (including phenoxy) is 2. The van der Waals surface area contributed by atoms with E-state index in [0.29, 0.717) is 12.5 Å². The van der Waals surface area contributed by atoms with Gasteiger partial charge < -0.3 is 14.4 Å². The van der Waals surface area contributed by atoms with Crippen molar-refractivity contribution in [2.75, 3.05) is 19.7 Å². The van der Waals surface area contributed by atoms with Crippen LogP contribution in [0.5, 0.6) is 5.75 Å². The highest BCUT2D eigenvalue weighted by molar-refractivity contribution is 7.07. The zero-order valence-corrected chi connectivity index (χ0v) is 16.6. The Labute approximate surface area is 168 Å². The molecular weight excluding hydrogens is 372 g/mol. The molecule has 0 saturated carbocycles. The number of amides is 1. The lowest BCUT2D eigenvalue weighted by Gasteiger charge is -2.31. The molecule has 3 aromatic rings. The molecule has 0 aliphatic carbocycles. The zero-order chi connectivity index (χ0) is 19.2. The third-order valence-corrected chi connectivity index (χ3v) is 5.85. The molecule has 1 amide bonds. The number of thiazole rings is 1. The predicted molar refractivity (Wildman–Crippen MR) is 111 cm³/mol. The summed E-state index contributed by atoms with van der Waals surface area (Å²) in [5.41, 5.74) is 2.55. The minimum absolute atomic E-state index is 0.237. The second-order valence-electron chi connectivity index (χ2n) is 7.11. The van der Waals surface area contributed by atoms with Crippen LogP contribution < -0.4 is 4.74 Å². The molecular formula is C22H24N2O3S. The van der Waals surface area contributed by atoms with Crippen LogP contribution in [-0.2, 0) is 11.3 Å². The van der Waals surface area contributed by atoms with E-state index in [0.717, 1.165) is 43.8 Å². The van der Waals surface area contributed by atoms with Crippen LogP contribution in [0.2, 0.25) is 0 Å². The average molecular weight is 397 g/mol. The summed E-state index contributed by atoms with van der Waals surface area (Å²) in [6.07, 6.45) is 2.76. The Bertz CT molecular complexity index is 905. The van der Waals surface area contributed by atoms with E-state index in [4.69, 9.17) is 9.47 Å². The van der Waals surface area contributed by atoms with E-state index in [-0.39, 0.29) is 12.7 Å². The topological polar surface area (TPSA) is 51.7 Å². The SMILES string of the molecule is O=C(OCc1cscn1)N1CCC(CCOc2ccc3ccccc3c2)CC1. The lowest BCUT2D eigenvalue weighted by Crippen LogP contribution is -2.39. The molecule has 1 fully saturated rings. The first kappa shape index (κ1) is 18.7. The quantitative estimate of drug-likeness (QED) is 0.581. The van der Waals surface area contributed by atoms with Gasteiger partial charge in [0.2, 0.25) is 0 Å². The first-order valence-corrected chi connectivity index (χ1v) is 10.6. The number of piperidine rings is 1. The Kier molecular flexibility index (Phi) is 6.07. The van der Waals surface area contributed by atoms with Crippen LogP contribution in [0.3, 0.4) is 0 Å². The van der Waals surface area contributed by atoms with E-state index >= 15 is 0 Å². The van der Waals surface area contributed by atoms with Crippen molar-refractivity contribution in [1.82, 2.24) is 9.88 Å².